The van der Waals surface area contributed by atoms with Crippen LogP contribution >= 0.6 is 0 Å². The molecule has 1 saturated heterocycles. The number of nitrogens with zero attached hydrogens (tertiary/aromatic N) is 4. The van der Waals surface area contributed by atoms with Crippen LogP contribution in [0.1, 0.15) is 30.7 Å². The highest BCUT2D eigenvalue weighted by Crippen LogP contribution is 2.41. The molecule has 1 fully saturated rings. The summed E-state index contributed by atoms with van der Waals surface area (Å²) in [4.78, 5) is 25.8. The van der Waals surface area contributed by atoms with Crippen molar-refractivity contribution in [2.45, 2.75) is 39.0 Å². The fourth-order valence-electron chi connectivity index (χ4n) is 4.17. The number of aromatic nitrogens is 2. The molecular formula is C22H26N4O4. The molecule has 8 nitrogen and oxygen atoms in total. The number of hydrogen-bond acceptors (Lipinski definition) is 7. The summed E-state index contributed by atoms with van der Waals surface area (Å²) in [5.74, 6) is 2.01. The van der Waals surface area contributed by atoms with Crippen molar-refractivity contribution in [1.29, 1.82) is 0 Å². The normalized spacial score (nSPS) is 19.3. The average molecular weight is 410 g/mol. The fraction of sp³-hybridized carbons (Fsp3) is 0.500. The molecule has 158 valence electrons. The molecule has 0 atom stereocenters. The van der Waals surface area contributed by atoms with Gasteiger partial charge in [-0.25, -0.2) is 9.97 Å². The predicted octanol–water partition coefficient (Wildman–Crippen LogP) is 1.95. The Morgan fingerprint density at radius 2 is 2.03 bits per heavy atom. The van der Waals surface area contributed by atoms with E-state index in [0.29, 0.717) is 38.0 Å². The zero-order chi connectivity index (χ0) is 20.7. The number of fused-ring (bicyclic) bond motifs is 2. The molecule has 0 unspecified atom stereocenters. The van der Waals surface area contributed by atoms with Crippen LogP contribution in [0.4, 0.5) is 5.95 Å². The molecule has 2 aromatic rings. The lowest BCUT2D eigenvalue weighted by Gasteiger charge is -2.26. The van der Waals surface area contributed by atoms with E-state index in [1.165, 1.54) is 0 Å². The number of rotatable bonds is 4. The monoisotopic (exact) mass is 410 g/mol. The number of benzene rings is 1. The summed E-state index contributed by atoms with van der Waals surface area (Å²) in [6.45, 7) is 8.01. The Kier molecular flexibility index (Phi) is 4.73. The minimum Gasteiger partial charge on any atom is -0.483 e. The maximum atomic E-state index is 12.8. The molecule has 4 heterocycles. The summed E-state index contributed by atoms with van der Waals surface area (Å²) in [7, 11) is 0. The first-order valence-electron chi connectivity index (χ1n) is 10.4. The number of morpholine rings is 1. The van der Waals surface area contributed by atoms with Gasteiger partial charge in [0.2, 0.25) is 5.95 Å². The zero-order valence-corrected chi connectivity index (χ0v) is 17.4. The number of para-hydroxylation sites is 1. The first kappa shape index (κ1) is 19.1. The molecule has 1 aromatic carbocycles. The minimum absolute atomic E-state index is 0.0298. The summed E-state index contributed by atoms with van der Waals surface area (Å²) in [5, 5.41) is 0. The number of carbonyl (C=O) groups is 1. The molecule has 0 saturated carbocycles. The number of amides is 1. The van der Waals surface area contributed by atoms with Crippen LogP contribution in [0.5, 0.6) is 11.5 Å². The number of hydrogen-bond donors (Lipinski definition) is 0. The van der Waals surface area contributed by atoms with Gasteiger partial charge in [-0.2, -0.15) is 0 Å². The highest BCUT2D eigenvalue weighted by molar-refractivity contribution is 5.78. The van der Waals surface area contributed by atoms with E-state index in [4.69, 9.17) is 19.2 Å². The van der Waals surface area contributed by atoms with Crippen LogP contribution < -0.4 is 14.4 Å². The van der Waals surface area contributed by atoms with Crippen LogP contribution in [0.2, 0.25) is 0 Å². The molecule has 0 bridgehead atoms. The van der Waals surface area contributed by atoms with Gasteiger partial charge in [-0.1, -0.05) is 12.1 Å². The van der Waals surface area contributed by atoms with Crippen LogP contribution in [-0.4, -0.2) is 59.3 Å². The number of carbonyl (C=O) groups excluding carboxylic acids is 1. The largest absolute Gasteiger partial charge is 0.483 e. The van der Waals surface area contributed by atoms with Crippen LogP contribution in [0.3, 0.4) is 0 Å². The van der Waals surface area contributed by atoms with Crippen molar-refractivity contribution >= 4 is 11.9 Å². The smallest absolute Gasteiger partial charge is 0.261 e. The molecule has 5 rings (SSSR count). The highest BCUT2D eigenvalue weighted by atomic mass is 16.5. The van der Waals surface area contributed by atoms with Crippen LogP contribution in [0.15, 0.2) is 24.4 Å². The molecule has 0 aliphatic carbocycles. The minimum atomic E-state index is -0.251. The number of anilines is 1. The van der Waals surface area contributed by atoms with Gasteiger partial charge in [-0.3, -0.25) is 4.79 Å². The maximum Gasteiger partial charge on any atom is 0.261 e. The van der Waals surface area contributed by atoms with Crippen LogP contribution in [0.25, 0.3) is 0 Å². The topological polar surface area (TPSA) is 77.0 Å². The molecule has 3 aliphatic heterocycles. The fourth-order valence-corrected chi connectivity index (χ4v) is 4.17. The maximum absolute atomic E-state index is 12.8. The first-order valence-corrected chi connectivity index (χ1v) is 10.4. The Bertz CT molecular complexity index is 972. The molecule has 1 aromatic heterocycles. The van der Waals surface area contributed by atoms with E-state index in [0.717, 1.165) is 42.1 Å². The second-order valence-electron chi connectivity index (χ2n) is 8.56. The number of ether oxygens (including phenoxy) is 3. The molecule has 0 spiro atoms. The van der Waals surface area contributed by atoms with E-state index in [1.807, 2.05) is 24.4 Å². The predicted molar refractivity (Wildman–Crippen MR) is 110 cm³/mol. The summed E-state index contributed by atoms with van der Waals surface area (Å²) >= 11 is 0. The lowest BCUT2D eigenvalue weighted by molar-refractivity contribution is -0.134. The molecule has 30 heavy (non-hydrogen) atoms. The second-order valence-corrected chi connectivity index (χ2v) is 8.56. The van der Waals surface area contributed by atoms with Crippen LogP contribution in [-0.2, 0) is 29.0 Å². The van der Waals surface area contributed by atoms with Gasteiger partial charge in [-0.15, -0.1) is 0 Å². The Hall–Kier alpha value is -2.87. The Morgan fingerprint density at radius 1 is 1.20 bits per heavy atom. The van der Waals surface area contributed by atoms with Crippen molar-refractivity contribution in [2.75, 3.05) is 37.8 Å². The van der Waals surface area contributed by atoms with Crippen molar-refractivity contribution in [3.63, 3.8) is 0 Å². The Labute approximate surface area is 175 Å². The first-order chi connectivity index (χ1) is 14.5. The summed E-state index contributed by atoms with van der Waals surface area (Å²) < 4.78 is 17.3. The quantitative estimate of drug-likeness (QED) is 0.762. The van der Waals surface area contributed by atoms with E-state index in [2.05, 4.69) is 23.7 Å². The summed E-state index contributed by atoms with van der Waals surface area (Å²) in [5.41, 5.74) is 2.76. The van der Waals surface area contributed by atoms with Gasteiger partial charge >= 0.3 is 0 Å². The third-order valence-corrected chi connectivity index (χ3v) is 5.70. The van der Waals surface area contributed by atoms with E-state index < -0.39 is 0 Å². The Balaban J connectivity index is 1.22. The Morgan fingerprint density at radius 3 is 2.87 bits per heavy atom. The summed E-state index contributed by atoms with van der Waals surface area (Å²) in [6.07, 6.45) is 2.67. The SMILES string of the molecule is CC1(C)Cc2cccc(OCC(=O)N3Cc4cnc(N5CCOCC5)nc4C3)c2O1. The van der Waals surface area contributed by atoms with E-state index >= 15 is 0 Å². The van der Waals surface area contributed by atoms with Gasteiger partial charge in [0.15, 0.2) is 18.1 Å². The lowest BCUT2D eigenvalue weighted by atomic mass is 10.0. The second kappa shape index (κ2) is 7.43. The van der Waals surface area contributed by atoms with Gasteiger partial charge in [0.1, 0.15) is 5.60 Å². The molecular weight excluding hydrogens is 384 g/mol. The van der Waals surface area contributed by atoms with Crippen molar-refractivity contribution < 1.29 is 19.0 Å². The molecule has 1 amide bonds. The van der Waals surface area contributed by atoms with E-state index in [1.54, 1.807) is 4.90 Å². The average Bonchev–Trinajstić information content (AvgIpc) is 3.31. The lowest BCUT2D eigenvalue weighted by Crippen LogP contribution is -2.37. The van der Waals surface area contributed by atoms with E-state index in [9.17, 15) is 4.79 Å². The third-order valence-electron chi connectivity index (χ3n) is 5.70. The van der Waals surface area contributed by atoms with Gasteiger partial charge in [0.05, 0.1) is 25.5 Å². The van der Waals surface area contributed by atoms with Gasteiger partial charge in [0.25, 0.3) is 5.91 Å². The molecule has 8 heteroatoms. The van der Waals surface area contributed by atoms with Crippen molar-refractivity contribution in [1.82, 2.24) is 14.9 Å². The zero-order valence-electron chi connectivity index (χ0n) is 17.4. The van der Waals surface area contributed by atoms with Gasteiger partial charge in [0, 0.05) is 43.4 Å². The molecule has 0 radical (unpaired) electrons. The third kappa shape index (κ3) is 3.67. The standard InChI is InChI=1S/C22H26N4O4/c1-22(2)10-15-4-3-5-18(20(15)30-22)29-14-19(27)26-12-16-11-23-21(24-17(16)13-26)25-6-8-28-9-7-25/h3-5,11H,6-10,12-14H2,1-2H3. The van der Waals surface area contributed by atoms with Crippen LogP contribution in [0, 0.1) is 0 Å². The van der Waals surface area contributed by atoms with Gasteiger partial charge in [-0.05, 0) is 19.9 Å². The summed E-state index contributed by atoms with van der Waals surface area (Å²) in [6, 6.07) is 5.84. The van der Waals surface area contributed by atoms with Gasteiger partial charge < -0.3 is 24.0 Å². The van der Waals surface area contributed by atoms with Crippen molar-refractivity contribution in [3.8, 4) is 11.5 Å². The van der Waals surface area contributed by atoms with Crippen molar-refractivity contribution in [2.24, 2.45) is 0 Å². The van der Waals surface area contributed by atoms with E-state index in [-0.39, 0.29) is 18.1 Å². The highest BCUT2D eigenvalue weighted by Gasteiger charge is 2.33. The molecule has 0 N–H and O–H groups in total. The van der Waals surface area contributed by atoms with Crippen molar-refractivity contribution in [3.05, 3.63) is 41.2 Å². The molecule has 3 aliphatic rings.